The van der Waals surface area contributed by atoms with Gasteiger partial charge in [-0.2, -0.15) is 0 Å². The van der Waals surface area contributed by atoms with Gasteiger partial charge in [0.25, 0.3) is 0 Å². The van der Waals surface area contributed by atoms with Crippen LogP contribution < -0.4 is 4.90 Å². The third-order valence-corrected chi connectivity index (χ3v) is 5.91. The third-order valence-electron chi connectivity index (χ3n) is 5.91. The predicted molar refractivity (Wildman–Crippen MR) is 108 cm³/mol. The molecule has 2 amide bonds. The number of likely N-dealkylation sites (tertiary alicyclic amines) is 1. The van der Waals surface area contributed by atoms with Crippen molar-refractivity contribution in [3.8, 4) is 0 Å². The SMILES string of the molecule is O=C(OCc1ccccc1)N1CCC[C@]2(CCCN(c3ccc(F)cc3)C2=O)C1. The van der Waals surface area contributed by atoms with E-state index in [4.69, 9.17) is 4.74 Å². The summed E-state index contributed by atoms with van der Waals surface area (Å²) in [6, 6.07) is 15.6. The zero-order valence-corrected chi connectivity index (χ0v) is 16.4. The summed E-state index contributed by atoms with van der Waals surface area (Å²) in [5.41, 5.74) is 1.06. The van der Waals surface area contributed by atoms with Crippen LogP contribution >= 0.6 is 0 Å². The van der Waals surface area contributed by atoms with Crippen molar-refractivity contribution in [2.45, 2.75) is 32.3 Å². The summed E-state index contributed by atoms with van der Waals surface area (Å²) in [4.78, 5) is 29.4. The number of carbonyl (C=O) groups excluding carboxylic acids is 2. The molecule has 2 aliphatic rings. The zero-order chi connectivity index (χ0) is 20.3. The Morgan fingerprint density at radius 2 is 1.69 bits per heavy atom. The van der Waals surface area contributed by atoms with Crippen molar-refractivity contribution in [1.29, 1.82) is 0 Å². The molecule has 2 heterocycles. The summed E-state index contributed by atoms with van der Waals surface area (Å²) in [7, 11) is 0. The van der Waals surface area contributed by atoms with Crippen LogP contribution in [0.15, 0.2) is 54.6 Å². The smallest absolute Gasteiger partial charge is 0.410 e. The van der Waals surface area contributed by atoms with Crippen LogP contribution in [0.5, 0.6) is 0 Å². The lowest BCUT2D eigenvalue weighted by Crippen LogP contribution is -2.57. The van der Waals surface area contributed by atoms with E-state index in [1.54, 1.807) is 21.9 Å². The largest absolute Gasteiger partial charge is 0.445 e. The topological polar surface area (TPSA) is 49.9 Å². The lowest BCUT2D eigenvalue weighted by Gasteiger charge is -2.46. The minimum atomic E-state index is -0.587. The molecule has 29 heavy (non-hydrogen) atoms. The molecule has 2 aromatic carbocycles. The highest BCUT2D eigenvalue weighted by atomic mass is 19.1. The Hall–Kier alpha value is -2.89. The van der Waals surface area contributed by atoms with Crippen LogP contribution in [0.4, 0.5) is 14.9 Å². The van der Waals surface area contributed by atoms with E-state index in [0.717, 1.165) is 31.2 Å². The van der Waals surface area contributed by atoms with Gasteiger partial charge in [-0.15, -0.1) is 0 Å². The fraction of sp³-hybridized carbons (Fsp3) is 0.391. The maximum Gasteiger partial charge on any atom is 0.410 e. The van der Waals surface area contributed by atoms with Gasteiger partial charge in [0.1, 0.15) is 12.4 Å². The maximum absolute atomic E-state index is 13.4. The lowest BCUT2D eigenvalue weighted by atomic mass is 9.73. The number of hydrogen-bond donors (Lipinski definition) is 0. The van der Waals surface area contributed by atoms with Gasteiger partial charge in [-0.1, -0.05) is 30.3 Å². The van der Waals surface area contributed by atoms with Crippen LogP contribution in [0.25, 0.3) is 0 Å². The van der Waals surface area contributed by atoms with E-state index in [1.165, 1.54) is 12.1 Å². The van der Waals surface area contributed by atoms with E-state index in [-0.39, 0.29) is 24.4 Å². The first-order valence-electron chi connectivity index (χ1n) is 10.1. The second kappa shape index (κ2) is 8.23. The second-order valence-electron chi connectivity index (χ2n) is 7.88. The fourth-order valence-electron chi connectivity index (χ4n) is 4.41. The molecule has 0 unspecified atom stereocenters. The first-order chi connectivity index (χ1) is 14.1. The minimum Gasteiger partial charge on any atom is -0.445 e. The number of amides is 2. The van der Waals surface area contributed by atoms with Crippen molar-refractivity contribution in [3.63, 3.8) is 0 Å². The summed E-state index contributed by atoms with van der Waals surface area (Å²) in [6.45, 7) is 1.81. The summed E-state index contributed by atoms with van der Waals surface area (Å²) in [6.07, 6.45) is 2.76. The van der Waals surface area contributed by atoms with Gasteiger partial charge in [0, 0.05) is 25.3 Å². The molecular weight excluding hydrogens is 371 g/mol. The molecule has 0 saturated carbocycles. The molecule has 1 spiro atoms. The Kier molecular flexibility index (Phi) is 5.51. The molecule has 4 rings (SSSR count). The molecule has 6 heteroatoms. The van der Waals surface area contributed by atoms with E-state index in [1.807, 2.05) is 30.3 Å². The van der Waals surface area contributed by atoms with E-state index >= 15 is 0 Å². The Morgan fingerprint density at radius 1 is 1.00 bits per heavy atom. The average Bonchev–Trinajstić information content (AvgIpc) is 2.76. The van der Waals surface area contributed by atoms with E-state index in [2.05, 4.69) is 0 Å². The van der Waals surface area contributed by atoms with Gasteiger partial charge < -0.3 is 14.5 Å². The number of ether oxygens (including phenoxy) is 1. The molecule has 2 aromatic rings. The van der Waals surface area contributed by atoms with Crippen molar-refractivity contribution in [3.05, 3.63) is 66.0 Å². The Labute approximate surface area is 170 Å². The molecule has 0 N–H and O–H groups in total. The van der Waals surface area contributed by atoms with Gasteiger partial charge in [-0.25, -0.2) is 9.18 Å². The Balaban J connectivity index is 1.45. The summed E-state index contributed by atoms with van der Waals surface area (Å²) < 4.78 is 18.8. The monoisotopic (exact) mass is 396 g/mol. The van der Waals surface area contributed by atoms with Crippen molar-refractivity contribution >= 4 is 17.7 Å². The molecule has 0 aliphatic carbocycles. The van der Waals surface area contributed by atoms with Gasteiger partial charge in [-0.3, -0.25) is 4.79 Å². The Morgan fingerprint density at radius 3 is 2.41 bits per heavy atom. The fourth-order valence-corrected chi connectivity index (χ4v) is 4.41. The van der Waals surface area contributed by atoms with Gasteiger partial charge in [0.2, 0.25) is 5.91 Å². The molecule has 0 bridgehead atoms. The molecule has 5 nitrogen and oxygen atoms in total. The number of benzene rings is 2. The van der Waals surface area contributed by atoms with Crippen molar-refractivity contribution in [2.75, 3.05) is 24.5 Å². The van der Waals surface area contributed by atoms with Crippen LogP contribution in [0, 0.1) is 11.2 Å². The van der Waals surface area contributed by atoms with Crippen molar-refractivity contribution in [1.82, 2.24) is 4.90 Å². The number of nitrogens with zero attached hydrogens (tertiary/aromatic N) is 2. The van der Waals surface area contributed by atoms with Crippen LogP contribution in [-0.4, -0.2) is 36.5 Å². The van der Waals surface area contributed by atoms with E-state index in [0.29, 0.717) is 25.3 Å². The maximum atomic E-state index is 13.4. The third kappa shape index (κ3) is 4.11. The second-order valence-corrected chi connectivity index (χ2v) is 7.88. The number of carbonyl (C=O) groups is 2. The standard InChI is InChI=1S/C23H25FN2O3/c24-19-8-10-20(11-9-19)26-15-5-13-23(21(26)27)12-4-14-25(17-23)22(28)29-16-18-6-2-1-3-7-18/h1-3,6-11H,4-5,12-17H2/t23-/m0/s1. The van der Waals surface area contributed by atoms with Gasteiger partial charge >= 0.3 is 6.09 Å². The van der Waals surface area contributed by atoms with Crippen molar-refractivity contribution < 1.29 is 18.7 Å². The first-order valence-corrected chi connectivity index (χ1v) is 10.1. The van der Waals surface area contributed by atoms with Crippen molar-refractivity contribution in [2.24, 2.45) is 5.41 Å². The van der Waals surface area contributed by atoms with Gasteiger partial charge in [0.05, 0.1) is 5.41 Å². The quantitative estimate of drug-likeness (QED) is 0.774. The van der Waals surface area contributed by atoms with E-state index in [9.17, 15) is 14.0 Å². The van der Waals surface area contributed by atoms with Crippen LogP contribution in [0.2, 0.25) is 0 Å². The highest BCUT2D eigenvalue weighted by molar-refractivity contribution is 5.98. The van der Waals surface area contributed by atoms with Gasteiger partial charge in [0.15, 0.2) is 0 Å². The molecule has 2 aliphatic heterocycles. The number of rotatable bonds is 3. The summed E-state index contributed by atoms with van der Waals surface area (Å²) >= 11 is 0. The zero-order valence-electron chi connectivity index (χ0n) is 16.4. The summed E-state index contributed by atoms with van der Waals surface area (Å²) in [5, 5.41) is 0. The normalized spacial score (nSPS) is 22.0. The molecule has 2 saturated heterocycles. The molecule has 152 valence electrons. The molecule has 2 fully saturated rings. The average molecular weight is 396 g/mol. The molecular formula is C23H25FN2O3. The number of piperidine rings is 2. The number of anilines is 1. The number of hydrogen-bond acceptors (Lipinski definition) is 3. The summed E-state index contributed by atoms with van der Waals surface area (Å²) in [5.74, 6) is -0.297. The lowest BCUT2D eigenvalue weighted by molar-refractivity contribution is -0.133. The molecule has 1 atom stereocenters. The first kappa shape index (κ1) is 19.4. The highest BCUT2D eigenvalue weighted by Crippen LogP contribution is 2.41. The predicted octanol–water partition coefficient (Wildman–Crippen LogP) is 4.37. The van der Waals surface area contributed by atoms with E-state index < -0.39 is 5.41 Å². The highest BCUT2D eigenvalue weighted by Gasteiger charge is 2.47. The molecule has 0 radical (unpaired) electrons. The van der Waals surface area contributed by atoms with Gasteiger partial charge in [-0.05, 0) is 55.5 Å². The van der Waals surface area contributed by atoms with Crippen LogP contribution in [0.1, 0.15) is 31.2 Å². The van der Waals surface area contributed by atoms with Crippen LogP contribution in [-0.2, 0) is 16.1 Å². The van der Waals surface area contributed by atoms with Crippen LogP contribution in [0.3, 0.4) is 0 Å². The number of halogens is 1. The molecule has 0 aromatic heterocycles. The minimum absolute atomic E-state index is 0.0240. The Bertz CT molecular complexity index is 867.